The smallest absolute Gasteiger partial charge is 0.246 e. The van der Waals surface area contributed by atoms with Gasteiger partial charge in [0.15, 0.2) is 0 Å². The average Bonchev–Trinajstić information content (AvgIpc) is 2.64. The van der Waals surface area contributed by atoms with Gasteiger partial charge in [-0.05, 0) is 19.8 Å². The summed E-state index contributed by atoms with van der Waals surface area (Å²) in [6.07, 6.45) is 0. The molecule has 1 aromatic heterocycles. The van der Waals surface area contributed by atoms with E-state index in [-0.39, 0.29) is 24.3 Å². The highest BCUT2D eigenvalue weighted by molar-refractivity contribution is 6.31. The molecule has 2 heterocycles. The quantitative estimate of drug-likeness (QED) is 0.913. The number of piperazine rings is 1. The van der Waals surface area contributed by atoms with Crippen LogP contribution in [0, 0.1) is 12.8 Å². The number of carbonyl (C=O) groups excluding carboxylic acids is 2. The van der Waals surface area contributed by atoms with Crippen molar-refractivity contribution in [2.75, 3.05) is 0 Å². The fourth-order valence-electron chi connectivity index (χ4n) is 2.53. The van der Waals surface area contributed by atoms with Crippen LogP contribution in [-0.4, -0.2) is 38.6 Å². The summed E-state index contributed by atoms with van der Waals surface area (Å²) < 4.78 is 1.66. The standard InChI is InChI=1S/C14H21ClN4O2/c1-7(2)12-14(21)19(9(4)13(20)16-12)6-10-11(15)8(3)17-18(10)5/h7,9,12H,6H2,1-5H3,(H,16,20). The first kappa shape index (κ1) is 15.8. The van der Waals surface area contributed by atoms with Crippen molar-refractivity contribution in [3.05, 3.63) is 16.4 Å². The summed E-state index contributed by atoms with van der Waals surface area (Å²) in [7, 11) is 1.79. The van der Waals surface area contributed by atoms with Crippen LogP contribution in [0.3, 0.4) is 0 Å². The molecule has 7 heteroatoms. The van der Waals surface area contributed by atoms with Gasteiger partial charge in [0.2, 0.25) is 11.8 Å². The summed E-state index contributed by atoms with van der Waals surface area (Å²) >= 11 is 6.24. The summed E-state index contributed by atoms with van der Waals surface area (Å²) in [5.41, 5.74) is 1.46. The van der Waals surface area contributed by atoms with Crippen molar-refractivity contribution in [2.24, 2.45) is 13.0 Å². The van der Waals surface area contributed by atoms with E-state index in [0.29, 0.717) is 5.02 Å². The maximum Gasteiger partial charge on any atom is 0.246 e. The Hall–Kier alpha value is -1.56. The predicted molar refractivity (Wildman–Crippen MR) is 79.7 cm³/mol. The number of carbonyl (C=O) groups is 2. The molecule has 2 rings (SSSR count). The summed E-state index contributed by atoms with van der Waals surface area (Å²) in [5.74, 6) is -0.171. The second-order valence-electron chi connectivity index (χ2n) is 5.84. The minimum absolute atomic E-state index is 0.0418. The number of hydrogen-bond acceptors (Lipinski definition) is 3. The van der Waals surface area contributed by atoms with Gasteiger partial charge in [-0.3, -0.25) is 14.3 Å². The van der Waals surface area contributed by atoms with Crippen molar-refractivity contribution in [3.8, 4) is 0 Å². The van der Waals surface area contributed by atoms with Crippen LogP contribution in [-0.2, 0) is 23.2 Å². The number of nitrogens with zero attached hydrogens (tertiary/aromatic N) is 3. The molecular formula is C14H21ClN4O2. The first-order valence-electron chi connectivity index (χ1n) is 7.02. The molecule has 2 amide bonds. The van der Waals surface area contributed by atoms with E-state index < -0.39 is 12.1 Å². The van der Waals surface area contributed by atoms with Gasteiger partial charge in [-0.25, -0.2) is 0 Å². The van der Waals surface area contributed by atoms with Crippen LogP contribution in [0.5, 0.6) is 0 Å². The third kappa shape index (κ3) is 2.77. The Kier molecular flexibility index (Phi) is 4.27. The summed E-state index contributed by atoms with van der Waals surface area (Å²) in [4.78, 5) is 26.2. The van der Waals surface area contributed by atoms with E-state index in [4.69, 9.17) is 11.6 Å². The van der Waals surface area contributed by atoms with Crippen LogP contribution in [0.4, 0.5) is 0 Å². The molecule has 2 atom stereocenters. The van der Waals surface area contributed by atoms with Gasteiger partial charge < -0.3 is 10.2 Å². The lowest BCUT2D eigenvalue weighted by molar-refractivity contribution is -0.150. The van der Waals surface area contributed by atoms with Gasteiger partial charge in [-0.1, -0.05) is 25.4 Å². The number of halogens is 1. The van der Waals surface area contributed by atoms with E-state index in [1.54, 1.807) is 23.6 Å². The Morgan fingerprint density at radius 2 is 2.00 bits per heavy atom. The molecule has 2 unspecified atom stereocenters. The van der Waals surface area contributed by atoms with E-state index in [2.05, 4.69) is 10.4 Å². The number of amides is 2. The maximum atomic E-state index is 12.6. The highest BCUT2D eigenvalue weighted by Crippen LogP contribution is 2.24. The molecule has 0 bridgehead atoms. The van der Waals surface area contributed by atoms with E-state index in [9.17, 15) is 9.59 Å². The van der Waals surface area contributed by atoms with E-state index in [0.717, 1.165) is 11.4 Å². The van der Waals surface area contributed by atoms with Crippen molar-refractivity contribution in [2.45, 2.75) is 46.3 Å². The molecule has 21 heavy (non-hydrogen) atoms. The lowest BCUT2D eigenvalue weighted by atomic mass is 9.98. The summed E-state index contributed by atoms with van der Waals surface area (Å²) in [6.45, 7) is 7.65. The van der Waals surface area contributed by atoms with Gasteiger partial charge >= 0.3 is 0 Å². The van der Waals surface area contributed by atoms with Crippen molar-refractivity contribution in [1.29, 1.82) is 0 Å². The number of nitrogens with one attached hydrogen (secondary N) is 1. The molecule has 1 aliphatic heterocycles. The highest BCUT2D eigenvalue weighted by Gasteiger charge is 2.40. The van der Waals surface area contributed by atoms with Gasteiger partial charge in [-0.15, -0.1) is 0 Å². The Morgan fingerprint density at radius 1 is 1.38 bits per heavy atom. The highest BCUT2D eigenvalue weighted by atomic mass is 35.5. The normalized spacial score (nSPS) is 22.9. The zero-order valence-electron chi connectivity index (χ0n) is 13.0. The van der Waals surface area contributed by atoms with Crippen molar-refractivity contribution >= 4 is 23.4 Å². The van der Waals surface area contributed by atoms with E-state index in [1.165, 1.54) is 0 Å². The molecule has 1 aromatic rings. The fourth-order valence-corrected chi connectivity index (χ4v) is 2.75. The Labute approximate surface area is 129 Å². The van der Waals surface area contributed by atoms with Crippen LogP contribution >= 0.6 is 11.6 Å². The molecule has 1 N–H and O–H groups in total. The predicted octanol–water partition coefficient (Wildman–Crippen LogP) is 1.25. The third-order valence-electron chi connectivity index (χ3n) is 3.94. The van der Waals surface area contributed by atoms with Crippen molar-refractivity contribution in [3.63, 3.8) is 0 Å². The molecule has 1 fully saturated rings. The van der Waals surface area contributed by atoms with Crippen molar-refractivity contribution < 1.29 is 9.59 Å². The zero-order chi connectivity index (χ0) is 15.9. The van der Waals surface area contributed by atoms with E-state index in [1.807, 2.05) is 20.8 Å². The SMILES string of the molecule is Cc1nn(C)c(CN2C(=O)C(C(C)C)NC(=O)C2C)c1Cl. The molecule has 0 aromatic carbocycles. The van der Waals surface area contributed by atoms with Crippen LogP contribution in [0.2, 0.25) is 5.02 Å². The maximum absolute atomic E-state index is 12.6. The molecule has 0 radical (unpaired) electrons. The molecule has 0 spiro atoms. The number of aryl methyl sites for hydroxylation is 2. The molecule has 1 saturated heterocycles. The van der Waals surface area contributed by atoms with Gasteiger partial charge in [0.1, 0.15) is 12.1 Å². The fraction of sp³-hybridized carbons (Fsp3) is 0.643. The summed E-state index contributed by atoms with van der Waals surface area (Å²) in [6, 6.07) is -0.999. The monoisotopic (exact) mass is 312 g/mol. The van der Waals surface area contributed by atoms with Gasteiger partial charge in [0.25, 0.3) is 0 Å². The Balaban J connectivity index is 2.31. The van der Waals surface area contributed by atoms with Gasteiger partial charge in [-0.2, -0.15) is 5.10 Å². The molecule has 0 saturated carbocycles. The largest absolute Gasteiger partial charge is 0.342 e. The van der Waals surface area contributed by atoms with Crippen molar-refractivity contribution in [1.82, 2.24) is 20.0 Å². The first-order valence-corrected chi connectivity index (χ1v) is 7.40. The van der Waals surface area contributed by atoms with Gasteiger partial charge in [0, 0.05) is 7.05 Å². The molecule has 1 aliphatic rings. The van der Waals surface area contributed by atoms with E-state index >= 15 is 0 Å². The molecule has 6 nitrogen and oxygen atoms in total. The molecule has 0 aliphatic carbocycles. The lowest BCUT2D eigenvalue weighted by Crippen LogP contribution is -2.63. The first-order chi connectivity index (χ1) is 9.73. The minimum Gasteiger partial charge on any atom is -0.342 e. The topological polar surface area (TPSA) is 67.2 Å². The number of aromatic nitrogens is 2. The molecule has 116 valence electrons. The van der Waals surface area contributed by atoms with Crippen LogP contribution in [0.15, 0.2) is 0 Å². The number of hydrogen-bond donors (Lipinski definition) is 1. The summed E-state index contributed by atoms with van der Waals surface area (Å²) in [5, 5.41) is 7.57. The van der Waals surface area contributed by atoms with Crippen LogP contribution in [0.25, 0.3) is 0 Å². The van der Waals surface area contributed by atoms with Gasteiger partial charge in [0.05, 0.1) is 23.0 Å². The third-order valence-corrected chi connectivity index (χ3v) is 4.43. The molecular weight excluding hydrogens is 292 g/mol. The number of rotatable bonds is 3. The lowest BCUT2D eigenvalue weighted by Gasteiger charge is -2.38. The van der Waals surface area contributed by atoms with Crippen LogP contribution < -0.4 is 5.32 Å². The second kappa shape index (κ2) is 5.67. The average molecular weight is 313 g/mol. The van der Waals surface area contributed by atoms with Crippen LogP contribution in [0.1, 0.15) is 32.2 Å². The Morgan fingerprint density at radius 3 is 2.48 bits per heavy atom. The second-order valence-corrected chi connectivity index (χ2v) is 6.22. The minimum atomic E-state index is -0.515. The Bertz CT molecular complexity index is 582. The zero-order valence-corrected chi connectivity index (χ0v) is 13.7.